The summed E-state index contributed by atoms with van der Waals surface area (Å²) in [6, 6.07) is 0. The maximum atomic E-state index is 12.7. The zero-order valence-corrected chi connectivity index (χ0v) is 14.2. The van der Waals surface area contributed by atoms with E-state index in [1.165, 1.54) is 30.8 Å². The minimum Gasteiger partial charge on any atom is -0.323 e. The van der Waals surface area contributed by atoms with Crippen molar-refractivity contribution in [1.29, 1.82) is 0 Å². The first-order valence-electron chi connectivity index (χ1n) is 7.53. The molecule has 0 unspecified atom stereocenters. The number of nitrogens with one attached hydrogen (secondary N) is 1. The van der Waals surface area contributed by atoms with Gasteiger partial charge in [-0.2, -0.15) is 0 Å². The Morgan fingerprint density at radius 2 is 1.95 bits per heavy atom. The van der Waals surface area contributed by atoms with E-state index in [0.717, 1.165) is 28.7 Å². The third-order valence-corrected chi connectivity index (χ3v) is 5.81. The standard InChI is InChI=1S/C15H21N3OS2/c1-10-11(2)21-13-12(10)14(19)18(15(20)16-13)9-5-8-17-6-3-4-7-17/h3-9H2,1-2H3,(H,16,20). The Hall–Kier alpha value is -0.980. The van der Waals surface area contributed by atoms with Gasteiger partial charge < -0.3 is 9.88 Å². The van der Waals surface area contributed by atoms with Gasteiger partial charge in [0.15, 0.2) is 4.77 Å². The molecule has 0 amide bonds. The summed E-state index contributed by atoms with van der Waals surface area (Å²) in [5, 5.41) is 0.812. The maximum absolute atomic E-state index is 12.7. The van der Waals surface area contributed by atoms with Crippen LogP contribution in [0.4, 0.5) is 0 Å². The van der Waals surface area contributed by atoms with Crippen molar-refractivity contribution in [3.05, 3.63) is 25.6 Å². The zero-order chi connectivity index (χ0) is 15.0. The van der Waals surface area contributed by atoms with Gasteiger partial charge in [0, 0.05) is 11.4 Å². The van der Waals surface area contributed by atoms with E-state index < -0.39 is 0 Å². The lowest BCUT2D eigenvalue weighted by Crippen LogP contribution is -2.26. The van der Waals surface area contributed by atoms with Gasteiger partial charge in [-0.1, -0.05) is 0 Å². The summed E-state index contributed by atoms with van der Waals surface area (Å²) in [5.74, 6) is 0. The van der Waals surface area contributed by atoms with Gasteiger partial charge in [0.05, 0.1) is 5.39 Å². The van der Waals surface area contributed by atoms with Crippen molar-refractivity contribution in [2.75, 3.05) is 19.6 Å². The van der Waals surface area contributed by atoms with Gasteiger partial charge in [0.25, 0.3) is 5.56 Å². The van der Waals surface area contributed by atoms with Crippen LogP contribution < -0.4 is 5.56 Å². The highest BCUT2D eigenvalue weighted by molar-refractivity contribution is 7.71. The lowest BCUT2D eigenvalue weighted by atomic mass is 10.2. The maximum Gasteiger partial charge on any atom is 0.263 e. The van der Waals surface area contributed by atoms with Gasteiger partial charge in [-0.25, -0.2) is 0 Å². The number of aromatic nitrogens is 2. The molecular weight excluding hydrogens is 302 g/mol. The summed E-state index contributed by atoms with van der Waals surface area (Å²) in [7, 11) is 0. The SMILES string of the molecule is Cc1sc2[nH]c(=S)n(CCCN3CCCC3)c(=O)c2c1C. The summed E-state index contributed by atoms with van der Waals surface area (Å²) in [6.45, 7) is 8.22. The van der Waals surface area contributed by atoms with Crippen LogP contribution in [0.5, 0.6) is 0 Å². The number of hydrogen-bond donors (Lipinski definition) is 1. The quantitative estimate of drug-likeness (QED) is 0.878. The predicted molar refractivity (Wildman–Crippen MR) is 91.0 cm³/mol. The molecule has 6 heteroatoms. The first-order valence-corrected chi connectivity index (χ1v) is 8.75. The van der Waals surface area contributed by atoms with Crippen molar-refractivity contribution in [2.45, 2.75) is 39.7 Å². The Kier molecular flexibility index (Phi) is 4.28. The average molecular weight is 323 g/mol. The largest absolute Gasteiger partial charge is 0.323 e. The smallest absolute Gasteiger partial charge is 0.263 e. The molecule has 0 saturated carbocycles. The Balaban J connectivity index is 1.86. The number of nitrogens with zero attached hydrogens (tertiary/aromatic N) is 2. The molecule has 0 aromatic carbocycles. The summed E-state index contributed by atoms with van der Waals surface area (Å²) >= 11 is 6.98. The van der Waals surface area contributed by atoms with Crippen LogP contribution in [0.25, 0.3) is 10.2 Å². The second kappa shape index (κ2) is 6.02. The Labute approximate surface area is 133 Å². The molecule has 0 spiro atoms. The van der Waals surface area contributed by atoms with Crippen LogP contribution >= 0.6 is 23.6 Å². The second-order valence-corrected chi connectivity index (χ2v) is 7.39. The van der Waals surface area contributed by atoms with Crippen molar-refractivity contribution >= 4 is 33.8 Å². The number of fused-ring (bicyclic) bond motifs is 1. The van der Waals surface area contributed by atoms with Crippen LogP contribution in [-0.4, -0.2) is 34.1 Å². The molecule has 1 aliphatic heterocycles. The third kappa shape index (κ3) is 2.84. The predicted octanol–water partition coefficient (Wildman–Crippen LogP) is 3.22. The number of aromatic amines is 1. The molecule has 1 N–H and O–H groups in total. The molecular formula is C15H21N3OS2. The Morgan fingerprint density at radius 1 is 1.24 bits per heavy atom. The normalized spacial score (nSPS) is 16.1. The first-order chi connectivity index (χ1) is 10.1. The molecule has 3 heterocycles. The van der Waals surface area contributed by atoms with E-state index in [9.17, 15) is 4.79 Å². The van der Waals surface area contributed by atoms with E-state index >= 15 is 0 Å². The number of rotatable bonds is 4. The molecule has 1 aliphatic rings. The molecule has 0 atom stereocenters. The van der Waals surface area contributed by atoms with E-state index in [-0.39, 0.29) is 5.56 Å². The Morgan fingerprint density at radius 3 is 2.67 bits per heavy atom. The highest BCUT2D eigenvalue weighted by Gasteiger charge is 2.14. The van der Waals surface area contributed by atoms with Crippen molar-refractivity contribution < 1.29 is 0 Å². The summed E-state index contributed by atoms with van der Waals surface area (Å²) in [6.07, 6.45) is 3.59. The number of H-pyrrole nitrogens is 1. The highest BCUT2D eigenvalue weighted by Crippen LogP contribution is 2.25. The minimum atomic E-state index is 0.0667. The fourth-order valence-corrected chi connectivity index (χ4v) is 4.42. The van der Waals surface area contributed by atoms with E-state index in [4.69, 9.17) is 12.2 Å². The second-order valence-electron chi connectivity index (χ2n) is 5.78. The number of hydrogen-bond acceptors (Lipinski definition) is 4. The number of thiophene rings is 1. The van der Waals surface area contributed by atoms with Gasteiger partial charge in [-0.3, -0.25) is 9.36 Å². The molecule has 0 radical (unpaired) electrons. The van der Waals surface area contributed by atoms with Crippen molar-refractivity contribution in [3.63, 3.8) is 0 Å². The van der Waals surface area contributed by atoms with Crippen molar-refractivity contribution in [2.24, 2.45) is 0 Å². The van der Waals surface area contributed by atoms with E-state index in [1.807, 2.05) is 13.8 Å². The highest BCUT2D eigenvalue weighted by atomic mass is 32.1. The molecule has 1 fully saturated rings. The number of aryl methyl sites for hydroxylation is 2. The van der Waals surface area contributed by atoms with Gasteiger partial charge in [0.2, 0.25) is 0 Å². The third-order valence-electron chi connectivity index (χ3n) is 4.36. The molecule has 114 valence electrons. The summed E-state index contributed by atoms with van der Waals surface area (Å²) in [4.78, 5) is 20.5. The lowest BCUT2D eigenvalue weighted by molar-refractivity contribution is 0.324. The van der Waals surface area contributed by atoms with Crippen LogP contribution in [0.1, 0.15) is 29.7 Å². The molecule has 0 bridgehead atoms. The molecule has 21 heavy (non-hydrogen) atoms. The van der Waals surface area contributed by atoms with Crippen LogP contribution in [0.15, 0.2) is 4.79 Å². The number of likely N-dealkylation sites (tertiary alicyclic amines) is 1. The lowest BCUT2D eigenvalue weighted by Gasteiger charge is -2.14. The van der Waals surface area contributed by atoms with Gasteiger partial charge in [-0.15, -0.1) is 11.3 Å². The van der Waals surface area contributed by atoms with Gasteiger partial charge >= 0.3 is 0 Å². The van der Waals surface area contributed by atoms with Gasteiger partial charge in [0.1, 0.15) is 4.83 Å². The molecule has 1 saturated heterocycles. The van der Waals surface area contributed by atoms with Crippen LogP contribution in [-0.2, 0) is 6.54 Å². The molecule has 2 aromatic rings. The minimum absolute atomic E-state index is 0.0667. The summed E-state index contributed by atoms with van der Waals surface area (Å²) in [5.41, 5.74) is 1.15. The van der Waals surface area contributed by atoms with Crippen LogP contribution in [0.2, 0.25) is 0 Å². The monoisotopic (exact) mass is 323 g/mol. The molecule has 3 rings (SSSR count). The average Bonchev–Trinajstić information content (AvgIpc) is 3.03. The molecule has 4 nitrogen and oxygen atoms in total. The first kappa shape index (κ1) is 14.9. The molecule has 2 aromatic heterocycles. The summed E-state index contributed by atoms with van der Waals surface area (Å²) < 4.78 is 2.28. The van der Waals surface area contributed by atoms with Gasteiger partial charge in [-0.05, 0) is 70.5 Å². The Bertz CT molecular complexity index is 766. The zero-order valence-electron chi connectivity index (χ0n) is 12.6. The van der Waals surface area contributed by atoms with Crippen LogP contribution in [0.3, 0.4) is 0 Å². The van der Waals surface area contributed by atoms with Crippen molar-refractivity contribution in [3.8, 4) is 0 Å². The topological polar surface area (TPSA) is 41.0 Å². The fraction of sp³-hybridized carbons (Fsp3) is 0.600. The van der Waals surface area contributed by atoms with E-state index in [1.54, 1.807) is 15.9 Å². The fourth-order valence-electron chi connectivity index (χ4n) is 3.03. The van der Waals surface area contributed by atoms with E-state index in [2.05, 4.69) is 9.88 Å². The van der Waals surface area contributed by atoms with Crippen molar-refractivity contribution in [1.82, 2.24) is 14.5 Å². The van der Waals surface area contributed by atoms with E-state index in [0.29, 0.717) is 11.3 Å². The van der Waals surface area contributed by atoms with Crippen LogP contribution in [0, 0.1) is 18.6 Å². The molecule has 0 aliphatic carbocycles.